The summed E-state index contributed by atoms with van der Waals surface area (Å²) in [4.78, 5) is 28.4. The molecule has 3 heterocycles. The maximum Gasteiger partial charge on any atom is 0.237 e. The molecule has 0 saturated carbocycles. The Labute approximate surface area is 192 Å². The topological polar surface area (TPSA) is 85.2 Å². The molecule has 1 fully saturated rings. The van der Waals surface area contributed by atoms with Gasteiger partial charge in [-0.3, -0.25) is 9.36 Å². The Morgan fingerprint density at radius 3 is 2.91 bits per heavy atom. The summed E-state index contributed by atoms with van der Waals surface area (Å²) >= 11 is 6.19. The number of aromatic nitrogens is 4. The molecule has 4 rings (SSSR count). The third-order valence-electron chi connectivity index (χ3n) is 5.61. The van der Waals surface area contributed by atoms with Crippen LogP contribution >= 0.6 is 11.6 Å². The lowest BCUT2D eigenvalue weighted by Gasteiger charge is -2.36. The molecule has 32 heavy (non-hydrogen) atoms. The predicted octanol–water partition coefficient (Wildman–Crippen LogP) is 3.70. The van der Waals surface area contributed by atoms with E-state index < -0.39 is 0 Å². The first-order valence-corrected chi connectivity index (χ1v) is 11.1. The number of hydrogen-bond donors (Lipinski definition) is 1. The monoisotopic (exact) mass is 454 g/mol. The molecule has 3 aromatic rings. The molecule has 0 aliphatic carbocycles. The number of anilines is 1. The maximum absolute atomic E-state index is 12.7. The standard InChI is InChI=1S/C23H27ClN6O2/c1-16-11-21(28-23(27-16)29-10-8-25-15-29)30-9-4-3-5-18(30)13-22(31)26-14-17-6-7-20(32-2)19(24)12-17/h6-8,10-12,15,18H,3-5,9,13-14H2,1-2H3,(H,26,31). The minimum absolute atomic E-state index is 0.00875. The maximum atomic E-state index is 12.7. The van der Waals surface area contributed by atoms with Crippen molar-refractivity contribution in [3.05, 3.63) is 59.3 Å². The molecule has 1 saturated heterocycles. The van der Waals surface area contributed by atoms with E-state index in [-0.39, 0.29) is 11.9 Å². The highest BCUT2D eigenvalue weighted by Gasteiger charge is 2.26. The van der Waals surface area contributed by atoms with Crippen LogP contribution in [-0.4, -0.2) is 45.1 Å². The predicted molar refractivity (Wildman–Crippen MR) is 123 cm³/mol. The van der Waals surface area contributed by atoms with Gasteiger partial charge in [-0.15, -0.1) is 0 Å². The molecule has 9 heteroatoms. The highest BCUT2D eigenvalue weighted by molar-refractivity contribution is 6.32. The fraction of sp³-hybridized carbons (Fsp3) is 0.391. The summed E-state index contributed by atoms with van der Waals surface area (Å²) in [6.45, 7) is 3.25. The van der Waals surface area contributed by atoms with Crippen molar-refractivity contribution in [1.82, 2.24) is 24.8 Å². The van der Waals surface area contributed by atoms with E-state index in [1.165, 1.54) is 0 Å². The minimum Gasteiger partial charge on any atom is -0.495 e. The van der Waals surface area contributed by atoms with Gasteiger partial charge in [-0.2, -0.15) is 4.98 Å². The summed E-state index contributed by atoms with van der Waals surface area (Å²) in [5.41, 5.74) is 1.81. The van der Waals surface area contributed by atoms with Gasteiger partial charge in [0.1, 0.15) is 17.9 Å². The Morgan fingerprint density at radius 2 is 2.16 bits per heavy atom. The zero-order chi connectivity index (χ0) is 22.5. The number of carbonyl (C=O) groups excluding carboxylic acids is 1. The Morgan fingerprint density at radius 1 is 1.28 bits per heavy atom. The van der Waals surface area contributed by atoms with Gasteiger partial charge in [0.25, 0.3) is 0 Å². The van der Waals surface area contributed by atoms with Crippen LogP contribution in [0.25, 0.3) is 5.95 Å². The molecule has 0 bridgehead atoms. The summed E-state index contributed by atoms with van der Waals surface area (Å²) in [5, 5.41) is 3.55. The third kappa shape index (κ3) is 5.19. The number of halogens is 1. The van der Waals surface area contributed by atoms with Gasteiger partial charge in [-0.1, -0.05) is 17.7 Å². The number of ether oxygens (including phenoxy) is 1. The minimum atomic E-state index is 0.00875. The van der Waals surface area contributed by atoms with Gasteiger partial charge in [-0.05, 0) is 43.9 Å². The number of nitrogens with one attached hydrogen (secondary N) is 1. The lowest BCUT2D eigenvalue weighted by atomic mass is 9.99. The molecular formula is C23H27ClN6O2. The Hall–Kier alpha value is -3.13. The van der Waals surface area contributed by atoms with E-state index in [9.17, 15) is 4.79 Å². The van der Waals surface area contributed by atoms with E-state index in [1.807, 2.05) is 37.4 Å². The highest BCUT2D eigenvalue weighted by Crippen LogP contribution is 2.27. The van der Waals surface area contributed by atoms with E-state index in [1.54, 1.807) is 24.2 Å². The molecule has 8 nitrogen and oxygen atoms in total. The largest absolute Gasteiger partial charge is 0.495 e. The number of carbonyl (C=O) groups is 1. The number of hydrogen-bond acceptors (Lipinski definition) is 6. The third-order valence-corrected chi connectivity index (χ3v) is 5.91. The van der Waals surface area contributed by atoms with Gasteiger partial charge in [0.05, 0.1) is 12.1 Å². The number of amides is 1. The molecule has 1 amide bonds. The number of piperidine rings is 1. The fourth-order valence-electron chi connectivity index (χ4n) is 4.00. The van der Waals surface area contributed by atoms with Crippen molar-refractivity contribution < 1.29 is 9.53 Å². The molecule has 1 atom stereocenters. The van der Waals surface area contributed by atoms with Crippen molar-refractivity contribution in [2.75, 3.05) is 18.6 Å². The highest BCUT2D eigenvalue weighted by atomic mass is 35.5. The fourth-order valence-corrected chi connectivity index (χ4v) is 4.28. The zero-order valence-corrected chi connectivity index (χ0v) is 19.0. The molecular weight excluding hydrogens is 428 g/mol. The second-order valence-corrected chi connectivity index (χ2v) is 8.34. The average molecular weight is 455 g/mol. The second-order valence-electron chi connectivity index (χ2n) is 7.93. The molecule has 1 aliphatic heterocycles. The summed E-state index contributed by atoms with van der Waals surface area (Å²) in [6, 6.07) is 7.60. The van der Waals surface area contributed by atoms with Crippen LogP contribution in [0.3, 0.4) is 0 Å². The molecule has 1 aliphatic rings. The van der Waals surface area contributed by atoms with Crippen LogP contribution in [0.5, 0.6) is 5.75 Å². The van der Waals surface area contributed by atoms with Gasteiger partial charge in [0.2, 0.25) is 11.9 Å². The Kier molecular flexibility index (Phi) is 6.90. The average Bonchev–Trinajstić information content (AvgIpc) is 3.33. The van der Waals surface area contributed by atoms with Crippen LogP contribution in [0.2, 0.25) is 5.02 Å². The quantitative estimate of drug-likeness (QED) is 0.586. The Bertz CT molecular complexity index is 1070. The van der Waals surface area contributed by atoms with Gasteiger partial charge >= 0.3 is 0 Å². The van der Waals surface area contributed by atoms with Crippen molar-refractivity contribution in [2.45, 2.75) is 45.2 Å². The number of rotatable bonds is 7. The lowest BCUT2D eigenvalue weighted by molar-refractivity contribution is -0.121. The number of benzene rings is 1. The van der Waals surface area contributed by atoms with Crippen LogP contribution < -0.4 is 15.0 Å². The normalized spacial score (nSPS) is 16.1. The molecule has 1 aromatic carbocycles. The summed E-state index contributed by atoms with van der Waals surface area (Å²) in [6.07, 6.45) is 8.75. The van der Waals surface area contributed by atoms with E-state index in [4.69, 9.17) is 21.3 Å². The first-order chi connectivity index (χ1) is 15.5. The van der Waals surface area contributed by atoms with Crippen LogP contribution in [0.1, 0.15) is 36.9 Å². The number of imidazole rings is 1. The molecule has 168 valence electrons. The molecule has 0 spiro atoms. The van der Waals surface area contributed by atoms with Gasteiger partial charge < -0.3 is 15.0 Å². The second kappa shape index (κ2) is 9.99. The summed E-state index contributed by atoms with van der Waals surface area (Å²) < 4.78 is 6.97. The SMILES string of the molecule is COc1ccc(CNC(=O)CC2CCCCN2c2cc(C)nc(-n3ccnc3)n2)cc1Cl. The van der Waals surface area contributed by atoms with Crippen molar-refractivity contribution in [1.29, 1.82) is 0 Å². The first kappa shape index (κ1) is 22.1. The zero-order valence-electron chi connectivity index (χ0n) is 18.3. The van der Waals surface area contributed by atoms with E-state index in [2.05, 4.69) is 20.2 Å². The van der Waals surface area contributed by atoms with Crippen LogP contribution in [0.15, 0.2) is 43.0 Å². The van der Waals surface area contributed by atoms with Crippen LogP contribution in [0, 0.1) is 6.92 Å². The molecule has 0 radical (unpaired) electrons. The smallest absolute Gasteiger partial charge is 0.237 e. The number of methoxy groups -OCH3 is 1. The Balaban J connectivity index is 1.43. The summed E-state index contributed by atoms with van der Waals surface area (Å²) in [5.74, 6) is 2.06. The van der Waals surface area contributed by atoms with Gasteiger partial charge in [-0.25, -0.2) is 9.97 Å². The lowest BCUT2D eigenvalue weighted by Crippen LogP contribution is -2.43. The molecule has 1 unspecified atom stereocenters. The van der Waals surface area contributed by atoms with Gasteiger partial charge in [0, 0.05) is 49.7 Å². The summed E-state index contributed by atoms with van der Waals surface area (Å²) in [7, 11) is 1.58. The van der Waals surface area contributed by atoms with E-state index in [0.717, 1.165) is 42.9 Å². The molecule has 1 N–H and O–H groups in total. The molecule has 2 aromatic heterocycles. The van der Waals surface area contributed by atoms with E-state index >= 15 is 0 Å². The van der Waals surface area contributed by atoms with Crippen molar-refractivity contribution in [2.24, 2.45) is 0 Å². The van der Waals surface area contributed by atoms with E-state index in [0.29, 0.717) is 29.7 Å². The number of aryl methyl sites for hydroxylation is 1. The van der Waals surface area contributed by atoms with Gasteiger partial charge in [0.15, 0.2) is 0 Å². The van der Waals surface area contributed by atoms with Crippen molar-refractivity contribution in [3.8, 4) is 11.7 Å². The number of nitrogens with zero attached hydrogens (tertiary/aromatic N) is 5. The van der Waals surface area contributed by atoms with Crippen LogP contribution in [-0.2, 0) is 11.3 Å². The van der Waals surface area contributed by atoms with Crippen molar-refractivity contribution in [3.63, 3.8) is 0 Å². The van der Waals surface area contributed by atoms with Crippen LogP contribution in [0.4, 0.5) is 5.82 Å². The first-order valence-electron chi connectivity index (χ1n) is 10.7. The van der Waals surface area contributed by atoms with Crippen molar-refractivity contribution >= 4 is 23.3 Å².